The first-order valence-corrected chi connectivity index (χ1v) is 24.4. The van der Waals surface area contributed by atoms with Gasteiger partial charge in [-0.2, -0.15) is 0 Å². The van der Waals surface area contributed by atoms with E-state index in [4.69, 9.17) is 28.4 Å². The number of amides is 1. The molecule has 2 N–H and O–H groups in total. The zero-order valence-corrected chi connectivity index (χ0v) is 42.0. The third kappa shape index (κ3) is 13.6. The molecule has 14 unspecified atom stereocenters. The Hall–Kier alpha value is -5.25. The van der Waals surface area contributed by atoms with Crippen molar-refractivity contribution in [3.63, 3.8) is 0 Å². The van der Waals surface area contributed by atoms with Gasteiger partial charge >= 0.3 is 11.9 Å². The van der Waals surface area contributed by atoms with Crippen LogP contribution in [0, 0.1) is 49.8 Å². The number of nitro groups is 2. The van der Waals surface area contributed by atoms with Crippen molar-refractivity contribution in [2.45, 2.75) is 160 Å². The minimum absolute atomic E-state index is 0.00459. The Bertz CT molecular complexity index is 2180. The second-order valence-electron chi connectivity index (χ2n) is 19.9. The number of nitro benzene ring substituents is 2. The molecule has 4 aliphatic rings. The topological polar surface area (TPSA) is 271 Å². The zero-order chi connectivity index (χ0) is 52.5. The van der Waals surface area contributed by atoms with Crippen LogP contribution in [0.2, 0.25) is 0 Å². The van der Waals surface area contributed by atoms with Gasteiger partial charge in [-0.1, -0.05) is 44.6 Å². The van der Waals surface area contributed by atoms with Gasteiger partial charge in [0.1, 0.15) is 30.1 Å². The zero-order valence-electron chi connectivity index (χ0n) is 42.0. The molecule has 1 aromatic rings. The minimum atomic E-state index is -2.59. The summed E-state index contributed by atoms with van der Waals surface area (Å²) < 4.78 is 35.7. The highest BCUT2D eigenvalue weighted by Gasteiger charge is 2.56. The molecule has 20 heteroatoms. The summed E-state index contributed by atoms with van der Waals surface area (Å²) in [6, 6.07) is 1.28. The Morgan fingerprint density at radius 1 is 0.901 bits per heavy atom. The van der Waals surface area contributed by atoms with Crippen molar-refractivity contribution >= 4 is 40.8 Å². The van der Waals surface area contributed by atoms with Crippen LogP contribution in [0.5, 0.6) is 0 Å². The van der Waals surface area contributed by atoms with Crippen LogP contribution in [0.15, 0.2) is 54.2 Å². The molecule has 5 rings (SSSR count). The number of non-ortho nitro benzene ring substituents is 2. The van der Waals surface area contributed by atoms with Crippen LogP contribution in [0.25, 0.3) is 0 Å². The molecule has 3 heterocycles. The van der Waals surface area contributed by atoms with Crippen molar-refractivity contribution < 1.29 is 72.5 Å². The number of fused-ring (bicyclic) bond motifs is 3. The van der Waals surface area contributed by atoms with E-state index in [9.17, 15) is 54.4 Å². The predicted molar refractivity (Wildman–Crippen MR) is 256 cm³/mol. The first-order chi connectivity index (χ1) is 33.6. The van der Waals surface area contributed by atoms with Crippen LogP contribution in [0.3, 0.4) is 0 Å². The van der Waals surface area contributed by atoms with E-state index >= 15 is 0 Å². The standard InChI is InChI=1S/C51H71N3O17/c1-10-13-34-19-28(2)18-29(3)20-43(67-8)46-44(68-9)22-31(5)51(61,71-46)47(57)48(58)52-17-12-11-14-38(52)50(60)70-45(32(6)39(55)27-40(34)56)30(4)21-33-15-16-41(42(23-33)66-7)69-49(59)35-24-36(53(62)63)26-37(25-35)54(64)65/h10,19,21,24-26,29,31-34,38-39,41-46,55,61H,1,11-18,20,22-23,27H2,2-9H3/b28-19-,30-21+. The van der Waals surface area contributed by atoms with Gasteiger partial charge in [-0.15, -0.1) is 6.58 Å². The van der Waals surface area contributed by atoms with Gasteiger partial charge < -0.3 is 43.5 Å². The number of ketones is 2. The fourth-order valence-electron chi connectivity index (χ4n) is 10.7. The number of hydrogen-bond donors (Lipinski definition) is 2. The SMILES string of the molecule is C=CCC1/C=C(/C)CC(C)CC(OC)C2OC(O)(C(=O)C(=O)N3CCCCC3C(=O)OC(/C(C)=C/C3CCC(OC(=O)c4cc([N+](=O)[O-])cc([N+](=O)[O-])c4)C(OC)C3)C(C)C(O)CC1=O)C(C)CC2OC. The summed E-state index contributed by atoms with van der Waals surface area (Å²) in [7, 11) is 4.41. The molecule has 0 spiro atoms. The molecule has 0 radical (unpaired) electrons. The summed E-state index contributed by atoms with van der Waals surface area (Å²) in [5, 5.41) is 46.9. The Labute approximate surface area is 414 Å². The van der Waals surface area contributed by atoms with Gasteiger partial charge in [-0.3, -0.25) is 34.6 Å². The van der Waals surface area contributed by atoms with Crippen molar-refractivity contribution in [3.8, 4) is 0 Å². The summed E-state index contributed by atoms with van der Waals surface area (Å²) in [5.41, 5.74) is -0.286. The molecule has 1 amide bonds. The molecule has 2 bridgehead atoms. The molecule has 3 fully saturated rings. The van der Waals surface area contributed by atoms with E-state index in [0.717, 1.165) is 28.7 Å². The summed E-state index contributed by atoms with van der Waals surface area (Å²) in [5.74, 6) is -9.81. The van der Waals surface area contributed by atoms with Crippen molar-refractivity contribution in [2.75, 3.05) is 27.9 Å². The number of ether oxygens (including phenoxy) is 6. The predicted octanol–water partition coefficient (Wildman–Crippen LogP) is 6.32. The highest BCUT2D eigenvalue weighted by molar-refractivity contribution is 6.39. The number of aliphatic hydroxyl groups is 2. The maximum Gasteiger partial charge on any atom is 0.339 e. The number of allylic oxidation sites excluding steroid dienone is 4. The maximum atomic E-state index is 14.6. The molecule has 1 aromatic carbocycles. The fraction of sp³-hybridized carbons (Fsp3) is 0.667. The number of carbonyl (C=O) groups is 5. The van der Waals surface area contributed by atoms with E-state index in [1.165, 1.54) is 21.3 Å². The molecule has 0 aromatic heterocycles. The third-order valence-electron chi connectivity index (χ3n) is 14.7. The van der Waals surface area contributed by atoms with E-state index in [2.05, 4.69) is 6.58 Å². The van der Waals surface area contributed by atoms with Crippen molar-refractivity contribution in [1.29, 1.82) is 0 Å². The lowest BCUT2D eigenvalue weighted by atomic mass is 9.81. The number of nitrogens with zero attached hydrogens (tertiary/aromatic N) is 3. The molecule has 14 atom stereocenters. The van der Waals surface area contributed by atoms with Crippen LogP contribution in [0.4, 0.5) is 11.4 Å². The Morgan fingerprint density at radius 3 is 2.14 bits per heavy atom. The van der Waals surface area contributed by atoms with Gasteiger partial charge in [0, 0.05) is 64.2 Å². The first kappa shape index (κ1) is 56.7. The number of benzene rings is 1. The number of Topliss-reactive ketones (excluding diaryl/α,β-unsaturated/α-hetero) is 2. The molecule has 392 valence electrons. The van der Waals surface area contributed by atoms with E-state index in [1.54, 1.807) is 26.8 Å². The smallest absolute Gasteiger partial charge is 0.339 e. The van der Waals surface area contributed by atoms with Gasteiger partial charge in [-0.05, 0) is 95.5 Å². The maximum absolute atomic E-state index is 14.6. The van der Waals surface area contributed by atoms with Crippen LogP contribution >= 0.6 is 0 Å². The van der Waals surface area contributed by atoms with Crippen LogP contribution in [0.1, 0.15) is 116 Å². The molecule has 1 saturated carbocycles. The van der Waals surface area contributed by atoms with Crippen molar-refractivity contribution in [2.24, 2.45) is 29.6 Å². The largest absolute Gasteiger partial charge is 0.456 e. The monoisotopic (exact) mass is 997 g/mol. The van der Waals surface area contributed by atoms with E-state index in [0.29, 0.717) is 44.1 Å². The number of hydrogen-bond acceptors (Lipinski definition) is 17. The molecular weight excluding hydrogens is 927 g/mol. The molecular formula is C51H71N3O17. The van der Waals surface area contributed by atoms with E-state index in [1.807, 2.05) is 26.0 Å². The highest BCUT2D eigenvalue weighted by atomic mass is 16.7. The Balaban J connectivity index is 1.48. The molecule has 2 saturated heterocycles. The van der Waals surface area contributed by atoms with Crippen molar-refractivity contribution in [1.82, 2.24) is 4.90 Å². The normalized spacial score (nSPS) is 35.0. The number of cyclic esters (lactones) is 1. The van der Waals surface area contributed by atoms with Crippen molar-refractivity contribution in [3.05, 3.63) is 79.9 Å². The number of esters is 2. The number of carbonyl (C=O) groups excluding carboxylic acids is 5. The van der Waals surface area contributed by atoms with E-state index in [-0.39, 0.29) is 61.8 Å². The van der Waals surface area contributed by atoms with Gasteiger partial charge in [0.2, 0.25) is 5.79 Å². The number of methoxy groups -OCH3 is 3. The third-order valence-corrected chi connectivity index (χ3v) is 14.7. The fourth-order valence-corrected chi connectivity index (χ4v) is 10.7. The van der Waals surface area contributed by atoms with Gasteiger partial charge in [-0.25, -0.2) is 9.59 Å². The highest BCUT2D eigenvalue weighted by Crippen LogP contribution is 2.40. The second kappa shape index (κ2) is 24.9. The lowest BCUT2D eigenvalue weighted by Gasteiger charge is -2.47. The van der Waals surface area contributed by atoms with Gasteiger partial charge in [0.05, 0.1) is 45.9 Å². The minimum Gasteiger partial charge on any atom is -0.456 e. The Morgan fingerprint density at radius 2 is 1.54 bits per heavy atom. The molecule has 1 aliphatic carbocycles. The summed E-state index contributed by atoms with van der Waals surface area (Å²) in [6.07, 6.45) is 2.21. The van der Waals surface area contributed by atoms with E-state index < -0.39 is 117 Å². The lowest BCUT2D eigenvalue weighted by Crippen LogP contribution is -2.64. The van der Waals surface area contributed by atoms with Crippen LogP contribution in [-0.4, -0.2) is 137 Å². The molecule has 71 heavy (non-hydrogen) atoms. The summed E-state index contributed by atoms with van der Waals surface area (Å²) in [4.78, 5) is 93.0. The van der Waals surface area contributed by atoms with Gasteiger partial charge in [0.25, 0.3) is 23.1 Å². The molecule has 3 aliphatic heterocycles. The van der Waals surface area contributed by atoms with Crippen LogP contribution in [-0.2, 0) is 47.6 Å². The number of aliphatic hydroxyl groups excluding tert-OH is 1. The quantitative estimate of drug-likeness (QED) is 0.0807. The molecule has 20 nitrogen and oxygen atoms in total. The van der Waals surface area contributed by atoms with Gasteiger partial charge in [0.15, 0.2) is 0 Å². The summed E-state index contributed by atoms with van der Waals surface area (Å²) >= 11 is 0. The first-order valence-electron chi connectivity index (χ1n) is 24.4. The average molecular weight is 998 g/mol. The lowest BCUT2D eigenvalue weighted by molar-refractivity contribution is -0.394. The average Bonchev–Trinajstić information content (AvgIpc) is 3.34. The van der Waals surface area contributed by atoms with Crippen LogP contribution < -0.4 is 0 Å². The summed E-state index contributed by atoms with van der Waals surface area (Å²) in [6.45, 7) is 12.7. The number of rotatable bonds is 11. The second-order valence-corrected chi connectivity index (χ2v) is 19.9. The Kier molecular flexibility index (Phi) is 19.9. The number of piperidine rings is 1.